The number of benzene rings is 1. The van der Waals surface area contributed by atoms with Gasteiger partial charge in [0.05, 0.1) is 6.04 Å². The zero-order valence-corrected chi connectivity index (χ0v) is 11.7. The standard InChI is InChI=1S/C15H19NS/c1-10-5-7-13(8-6-10)14(16-4)15-11(2)9-12(3)17-15/h5-9,14,16H,1-4H3. The second kappa shape index (κ2) is 5.03. The molecule has 0 saturated carbocycles. The fraction of sp³-hybridized carbons (Fsp3) is 0.333. The Morgan fingerprint density at radius 2 is 1.71 bits per heavy atom. The van der Waals surface area contributed by atoms with E-state index in [1.807, 2.05) is 18.4 Å². The monoisotopic (exact) mass is 245 g/mol. The van der Waals surface area contributed by atoms with Crippen LogP contribution in [0.1, 0.15) is 32.5 Å². The van der Waals surface area contributed by atoms with Gasteiger partial charge in [0.15, 0.2) is 0 Å². The Balaban J connectivity index is 2.39. The number of thiophene rings is 1. The normalized spacial score (nSPS) is 12.7. The molecule has 0 amide bonds. The minimum Gasteiger partial charge on any atom is -0.309 e. The Morgan fingerprint density at radius 3 is 2.18 bits per heavy atom. The Kier molecular flexibility index (Phi) is 3.65. The zero-order valence-electron chi connectivity index (χ0n) is 10.9. The van der Waals surface area contributed by atoms with E-state index in [9.17, 15) is 0 Å². The summed E-state index contributed by atoms with van der Waals surface area (Å²) in [5.74, 6) is 0. The first-order valence-electron chi connectivity index (χ1n) is 5.92. The van der Waals surface area contributed by atoms with Gasteiger partial charge in [-0.25, -0.2) is 0 Å². The quantitative estimate of drug-likeness (QED) is 0.862. The summed E-state index contributed by atoms with van der Waals surface area (Å²) in [6, 6.07) is 11.4. The molecule has 0 aliphatic carbocycles. The second-order valence-corrected chi connectivity index (χ2v) is 5.82. The van der Waals surface area contributed by atoms with E-state index >= 15 is 0 Å². The van der Waals surface area contributed by atoms with Crippen molar-refractivity contribution in [3.05, 3.63) is 56.8 Å². The van der Waals surface area contributed by atoms with Gasteiger partial charge in [-0.05, 0) is 45.0 Å². The molecule has 0 aliphatic rings. The topological polar surface area (TPSA) is 12.0 Å². The first kappa shape index (κ1) is 12.3. The van der Waals surface area contributed by atoms with Crippen molar-refractivity contribution in [3.8, 4) is 0 Å². The third kappa shape index (κ3) is 2.59. The molecular weight excluding hydrogens is 226 g/mol. The van der Waals surface area contributed by atoms with E-state index in [1.165, 1.54) is 26.4 Å². The number of aryl methyl sites for hydroxylation is 3. The number of nitrogens with one attached hydrogen (secondary N) is 1. The van der Waals surface area contributed by atoms with E-state index in [1.54, 1.807) is 0 Å². The van der Waals surface area contributed by atoms with Crippen LogP contribution in [-0.2, 0) is 0 Å². The highest BCUT2D eigenvalue weighted by Gasteiger charge is 2.16. The van der Waals surface area contributed by atoms with Crippen molar-refractivity contribution in [3.63, 3.8) is 0 Å². The van der Waals surface area contributed by atoms with Gasteiger partial charge >= 0.3 is 0 Å². The van der Waals surface area contributed by atoms with Gasteiger partial charge in [0, 0.05) is 9.75 Å². The molecule has 0 aliphatic heterocycles. The Morgan fingerprint density at radius 1 is 1.06 bits per heavy atom. The van der Waals surface area contributed by atoms with Crippen molar-refractivity contribution in [2.24, 2.45) is 0 Å². The molecule has 1 atom stereocenters. The lowest BCUT2D eigenvalue weighted by Gasteiger charge is -2.16. The summed E-state index contributed by atoms with van der Waals surface area (Å²) in [5.41, 5.74) is 4.03. The predicted octanol–water partition coefficient (Wildman–Crippen LogP) is 3.98. The van der Waals surface area contributed by atoms with Crippen molar-refractivity contribution in [2.75, 3.05) is 7.05 Å². The van der Waals surface area contributed by atoms with Crippen LogP contribution in [0.4, 0.5) is 0 Å². The number of hydrogen-bond donors (Lipinski definition) is 1. The Bertz CT molecular complexity index is 496. The van der Waals surface area contributed by atoms with E-state index in [4.69, 9.17) is 0 Å². The third-order valence-electron chi connectivity index (χ3n) is 3.04. The molecule has 2 aromatic rings. The molecule has 0 bridgehead atoms. The summed E-state index contributed by atoms with van der Waals surface area (Å²) in [4.78, 5) is 2.80. The lowest BCUT2D eigenvalue weighted by molar-refractivity contribution is 0.700. The zero-order chi connectivity index (χ0) is 12.4. The summed E-state index contributed by atoms with van der Waals surface area (Å²) < 4.78 is 0. The van der Waals surface area contributed by atoms with Crippen molar-refractivity contribution in [1.29, 1.82) is 0 Å². The van der Waals surface area contributed by atoms with Crippen molar-refractivity contribution < 1.29 is 0 Å². The van der Waals surface area contributed by atoms with Crippen LogP contribution in [0.2, 0.25) is 0 Å². The van der Waals surface area contributed by atoms with Gasteiger partial charge in [-0.3, -0.25) is 0 Å². The summed E-state index contributed by atoms with van der Waals surface area (Å²) in [6.45, 7) is 6.49. The predicted molar refractivity (Wildman–Crippen MR) is 75.9 cm³/mol. The molecule has 2 rings (SSSR count). The van der Waals surface area contributed by atoms with Gasteiger partial charge < -0.3 is 5.32 Å². The molecule has 1 aromatic carbocycles. The maximum absolute atomic E-state index is 3.42. The highest BCUT2D eigenvalue weighted by atomic mass is 32.1. The van der Waals surface area contributed by atoms with Crippen molar-refractivity contribution in [2.45, 2.75) is 26.8 Å². The van der Waals surface area contributed by atoms with E-state index in [0.717, 1.165) is 0 Å². The summed E-state index contributed by atoms with van der Waals surface area (Å²) in [7, 11) is 2.03. The minimum atomic E-state index is 0.314. The van der Waals surface area contributed by atoms with Gasteiger partial charge in [-0.15, -0.1) is 11.3 Å². The largest absolute Gasteiger partial charge is 0.309 e. The molecule has 90 valence electrons. The lowest BCUT2D eigenvalue weighted by atomic mass is 10.0. The van der Waals surface area contributed by atoms with Gasteiger partial charge in [-0.1, -0.05) is 29.8 Å². The van der Waals surface area contributed by atoms with E-state index in [-0.39, 0.29) is 0 Å². The molecule has 1 N–H and O–H groups in total. The molecule has 1 unspecified atom stereocenters. The number of rotatable bonds is 3. The average molecular weight is 245 g/mol. The van der Waals surface area contributed by atoms with E-state index < -0.39 is 0 Å². The molecular formula is C15H19NS. The molecule has 1 nitrogen and oxygen atoms in total. The minimum absolute atomic E-state index is 0.314. The van der Waals surface area contributed by atoms with Crippen LogP contribution in [0.3, 0.4) is 0 Å². The van der Waals surface area contributed by atoms with Crippen LogP contribution in [0.15, 0.2) is 30.3 Å². The number of hydrogen-bond acceptors (Lipinski definition) is 2. The van der Waals surface area contributed by atoms with Crippen molar-refractivity contribution >= 4 is 11.3 Å². The molecule has 0 saturated heterocycles. The molecule has 1 aromatic heterocycles. The van der Waals surface area contributed by atoms with Crippen LogP contribution in [0.5, 0.6) is 0 Å². The van der Waals surface area contributed by atoms with E-state index in [2.05, 4.69) is 56.4 Å². The van der Waals surface area contributed by atoms with Gasteiger partial charge in [0.1, 0.15) is 0 Å². The highest BCUT2D eigenvalue weighted by molar-refractivity contribution is 7.12. The van der Waals surface area contributed by atoms with Gasteiger partial charge in [-0.2, -0.15) is 0 Å². The molecule has 2 heteroatoms. The summed E-state index contributed by atoms with van der Waals surface area (Å²) in [5, 5.41) is 3.42. The Hall–Kier alpha value is -1.12. The van der Waals surface area contributed by atoms with Crippen LogP contribution >= 0.6 is 11.3 Å². The van der Waals surface area contributed by atoms with Crippen LogP contribution in [-0.4, -0.2) is 7.05 Å². The maximum atomic E-state index is 3.42. The fourth-order valence-corrected chi connectivity index (χ4v) is 3.33. The van der Waals surface area contributed by atoms with Gasteiger partial charge in [0.2, 0.25) is 0 Å². The molecule has 17 heavy (non-hydrogen) atoms. The highest BCUT2D eigenvalue weighted by Crippen LogP contribution is 2.31. The Labute approximate surface area is 108 Å². The molecule has 0 spiro atoms. The summed E-state index contributed by atoms with van der Waals surface area (Å²) in [6.07, 6.45) is 0. The smallest absolute Gasteiger partial charge is 0.0671 e. The van der Waals surface area contributed by atoms with Gasteiger partial charge in [0.25, 0.3) is 0 Å². The summed E-state index contributed by atoms with van der Waals surface area (Å²) >= 11 is 1.88. The van der Waals surface area contributed by atoms with Crippen molar-refractivity contribution in [1.82, 2.24) is 5.32 Å². The SMILES string of the molecule is CNC(c1ccc(C)cc1)c1sc(C)cc1C. The average Bonchev–Trinajstić information content (AvgIpc) is 2.62. The van der Waals surface area contributed by atoms with Crippen LogP contribution in [0.25, 0.3) is 0 Å². The van der Waals surface area contributed by atoms with E-state index in [0.29, 0.717) is 6.04 Å². The lowest BCUT2D eigenvalue weighted by Crippen LogP contribution is -2.17. The molecule has 0 radical (unpaired) electrons. The first-order chi connectivity index (χ1) is 8.11. The van der Waals surface area contributed by atoms with Crippen LogP contribution in [0, 0.1) is 20.8 Å². The van der Waals surface area contributed by atoms with Crippen LogP contribution < -0.4 is 5.32 Å². The first-order valence-corrected chi connectivity index (χ1v) is 6.74. The fourth-order valence-electron chi connectivity index (χ4n) is 2.15. The second-order valence-electron chi connectivity index (χ2n) is 4.54. The maximum Gasteiger partial charge on any atom is 0.0671 e. The molecule has 0 fully saturated rings. The molecule has 1 heterocycles. The third-order valence-corrected chi connectivity index (χ3v) is 4.26.